The average molecular weight is 286 g/mol. The van der Waals surface area contributed by atoms with Gasteiger partial charge in [-0.1, -0.05) is 12.1 Å². The predicted octanol–water partition coefficient (Wildman–Crippen LogP) is 1.31. The number of fused-ring (bicyclic) bond motifs is 1. The molecule has 0 spiro atoms. The number of amides is 1. The van der Waals surface area contributed by atoms with Crippen LogP contribution < -0.4 is 5.32 Å². The number of hydrogen-bond donors (Lipinski definition) is 2. The lowest BCUT2D eigenvalue weighted by Crippen LogP contribution is -2.19. The Bertz CT molecular complexity index is 788. The van der Waals surface area contributed by atoms with E-state index in [1.807, 2.05) is 24.3 Å². The number of hydrogen-bond acceptors (Lipinski definition) is 5. The molecule has 0 bridgehead atoms. The monoisotopic (exact) mass is 286 g/mol. The van der Waals surface area contributed by atoms with Gasteiger partial charge >= 0.3 is 5.82 Å². The molecule has 9 nitrogen and oxygen atoms in total. The van der Waals surface area contributed by atoms with Crippen LogP contribution in [-0.2, 0) is 11.3 Å². The summed E-state index contributed by atoms with van der Waals surface area (Å²) in [5, 5.41) is 16.7. The van der Waals surface area contributed by atoms with E-state index in [9.17, 15) is 14.9 Å². The Kier molecular flexibility index (Phi) is 3.07. The van der Waals surface area contributed by atoms with Crippen molar-refractivity contribution in [3.63, 3.8) is 0 Å². The van der Waals surface area contributed by atoms with Crippen LogP contribution >= 0.6 is 0 Å². The average Bonchev–Trinajstić information content (AvgIpc) is 3.04. The summed E-state index contributed by atoms with van der Waals surface area (Å²) in [5.74, 6) is -0.360. The van der Waals surface area contributed by atoms with Gasteiger partial charge in [0.15, 0.2) is 0 Å². The Labute approximate surface area is 117 Å². The maximum atomic E-state index is 11.8. The Hall–Kier alpha value is -3.23. The molecular weight excluding hydrogens is 276 g/mol. The number of anilines is 1. The molecule has 0 aliphatic rings. The van der Waals surface area contributed by atoms with Crippen LogP contribution in [0.5, 0.6) is 0 Å². The van der Waals surface area contributed by atoms with E-state index < -0.39 is 4.92 Å². The molecule has 21 heavy (non-hydrogen) atoms. The molecule has 9 heteroatoms. The fraction of sp³-hybridized carbons (Fsp3) is 0.0833. The first kappa shape index (κ1) is 12.8. The van der Waals surface area contributed by atoms with Gasteiger partial charge in [0, 0.05) is 0 Å². The first-order valence-corrected chi connectivity index (χ1v) is 6.04. The fourth-order valence-electron chi connectivity index (χ4n) is 1.87. The highest BCUT2D eigenvalue weighted by Gasteiger charge is 2.14. The van der Waals surface area contributed by atoms with Gasteiger partial charge in [0.1, 0.15) is 6.54 Å². The molecule has 0 radical (unpaired) electrons. The molecule has 0 unspecified atom stereocenters. The molecule has 3 rings (SSSR count). The topological polar surface area (TPSA) is 119 Å². The van der Waals surface area contributed by atoms with Gasteiger partial charge in [-0.2, -0.15) is 4.68 Å². The maximum absolute atomic E-state index is 11.8. The Morgan fingerprint density at radius 1 is 1.38 bits per heavy atom. The number of nitro groups is 1. The van der Waals surface area contributed by atoms with Crippen LogP contribution in [0, 0.1) is 10.1 Å². The molecule has 0 aliphatic heterocycles. The molecule has 2 N–H and O–H groups in total. The summed E-state index contributed by atoms with van der Waals surface area (Å²) >= 11 is 0. The number of benzene rings is 1. The number of nitrogens with zero attached hydrogens (tertiary/aromatic N) is 4. The van der Waals surface area contributed by atoms with E-state index in [1.165, 1.54) is 16.9 Å². The first-order chi connectivity index (χ1) is 10.1. The first-order valence-electron chi connectivity index (χ1n) is 6.04. The number of para-hydroxylation sites is 2. The highest BCUT2D eigenvalue weighted by Crippen LogP contribution is 2.13. The van der Waals surface area contributed by atoms with Crippen LogP contribution in [0.1, 0.15) is 0 Å². The molecule has 106 valence electrons. The smallest absolute Gasteiger partial charge is 0.358 e. The number of aromatic amines is 1. The van der Waals surface area contributed by atoms with Gasteiger partial charge in [-0.15, -0.1) is 0 Å². The van der Waals surface area contributed by atoms with E-state index in [4.69, 9.17) is 0 Å². The molecule has 1 aromatic carbocycles. The predicted molar refractivity (Wildman–Crippen MR) is 73.6 cm³/mol. The van der Waals surface area contributed by atoms with Gasteiger partial charge in [0.2, 0.25) is 11.9 Å². The van der Waals surface area contributed by atoms with E-state index in [0.29, 0.717) is 5.95 Å². The van der Waals surface area contributed by atoms with Crippen molar-refractivity contribution in [2.75, 3.05) is 5.32 Å². The van der Waals surface area contributed by atoms with Crippen molar-refractivity contribution >= 4 is 28.7 Å². The summed E-state index contributed by atoms with van der Waals surface area (Å²) in [6.45, 7) is -0.134. The summed E-state index contributed by atoms with van der Waals surface area (Å²) in [7, 11) is 0. The van der Waals surface area contributed by atoms with Crippen molar-refractivity contribution in [1.82, 2.24) is 19.7 Å². The standard InChI is InChI=1S/C12H10N6O3/c19-11(7-17-6-5-10(16-17)18(20)21)15-12-13-8-3-1-2-4-9(8)14-12/h1-6H,7H2,(H2,13,14,15,19). The number of imidazole rings is 1. The second kappa shape index (κ2) is 5.04. The molecule has 3 aromatic rings. The SMILES string of the molecule is O=C(Cn1ccc([N+](=O)[O-])n1)Nc1nc2ccccc2[nH]1. The van der Waals surface area contributed by atoms with E-state index in [0.717, 1.165) is 11.0 Å². The molecule has 2 heterocycles. The second-order valence-electron chi connectivity index (χ2n) is 4.28. The molecule has 0 aliphatic carbocycles. The molecule has 1 amide bonds. The zero-order chi connectivity index (χ0) is 14.8. The van der Waals surface area contributed by atoms with Gasteiger partial charge in [0.05, 0.1) is 28.4 Å². The zero-order valence-corrected chi connectivity index (χ0v) is 10.7. The highest BCUT2D eigenvalue weighted by molar-refractivity contribution is 5.90. The van der Waals surface area contributed by atoms with Crippen LogP contribution in [0.3, 0.4) is 0 Å². The lowest BCUT2D eigenvalue weighted by Gasteiger charge is -1.99. The van der Waals surface area contributed by atoms with E-state index in [-0.39, 0.29) is 18.3 Å². The number of H-pyrrole nitrogens is 1. The minimum atomic E-state index is -0.617. The molecular formula is C12H10N6O3. The lowest BCUT2D eigenvalue weighted by atomic mass is 10.3. The molecule has 2 aromatic heterocycles. The molecule has 0 fully saturated rings. The van der Waals surface area contributed by atoms with E-state index >= 15 is 0 Å². The van der Waals surface area contributed by atoms with E-state index in [1.54, 1.807) is 0 Å². The van der Waals surface area contributed by atoms with Gasteiger partial charge < -0.3 is 15.1 Å². The lowest BCUT2D eigenvalue weighted by molar-refractivity contribution is -0.389. The fourth-order valence-corrected chi connectivity index (χ4v) is 1.87. The number of carbonyl (C=O) groups is 1. The Balaban J connectivity index is 1.69. The Morgan fingerprint density at radius 2 is 2.19 bits per heavy atom. The van der Waals surface area contributed by atoms with E-state index in [2.05, 4.69) is 20.4 Å². The van der Waals surface area contributed by atoms with Crippen LogP contribution in [0.4, 0.5) is 11.8 Å². The van der Waals surface area contributed by atoms with Crippen molar-refractivity contribution in [2.45, 2.75) is 6.54 Å². The molecule has 0 atom stereocenters. The third-order valence-corrected chi connectivity index (χ3v) is 2.77. The summed E-state index contributed by atoms with van der Waals surface area (Å²) in [5.41, 5.74) is 1.55. The minimum absolute atomic E-state index is 0.134. The minimum Gasteiger partial charge on any atom is -0.358 e. The van der Waals surface area contributed by atoms with Gasteiger partial charge in [0.25, 0.3) is 0 Å². The normalized spacial score (nSPS) is 10.7. The number of aromatic nitrogens is 4. The second-order valence-corrected chi connectivity index (χ2v) is 4.28. The maximum Gasteiger partial charge on any atom is 0.389 e. The van der Waals surface area contributed by atoms with Crippen LogP contribution in [0.2, 0.25) is 0 Å². The van der Waals surface area contributed by atoms with Crippen LogP contribution in [0.25, 0.3) is 11.0 Å². The van der Waals surface area contributed by atoms with Gasteiger partial charge in [-0.05, 0) is 17.1 Å². The number of nitrogens with one attached hydrogen (secondary N) is 2. The third-order valence-electron chi connectivity index (χ3n) is 2.77. The largest absolute Gasteiger partial charge is 0.389 e. The van der Waals surface area contributed by atoms with Crippen molar-refractivity contribution < 1.29 is 9.72 Å². The molecule has 0 saturated heterocycles. The van der Waals surface area contributed by atoms with Gasteiger partial charge in [-0.3, -0.25) is 10.1 Å². The number of carbonyl (C=O) groups excluding carboxylic acids is 1. The van der Waals surface area contributed by atoms with Crippen molar-refractivity contribution in [2.24, 2.45) is 0 Å². The molecule has 0 saturated carbocycles. The van der Waals surface area contributed by atoms with Crippen LogP contribution in [0.15, 0.2) is 36.5 Å². The zero-order valence-electron chi connectivity index (χ0n) is 10.7. The quantitative estimate of drug-likeness (QED) is 0.553. The van der Waals surface area contributed by atoms with Crippen molar-refractivity contribution in [1.29, 1.82) is 0 Å². The summed E-state index contributed by atoms with van der Waals surface area (Å²) in [6.07, 6.45) is 1.37. The summed E-state index contributed by atoms with van der Waals surface area (Å²) < 4.78 is 1.19. The summed E-state index contributed by atoms with van der Waals surface area (Å²) in [6, 6.07) is 8.59. The Morgan fingerprint density at radius 3 is 2.90 bits per heavy atom. The third kappa shape index (κ3) is 2.71. The van der Waals surface area contributed by atoms with Crippen LogP contribution in [-0.4, -0.2) is 30.6 Å². The summed E-state index contributed by atoms with van der Waals surface area (Å²) in [4.78, 5) is 28.9. The van der Waals surface area contributed by atoms with Crippen molar-refractivity contribution in [3.8, 4) is 0 Å². The highest BCUT2D eigenvalue weighted by atomic mass is 16.6. The number of rotatable bonds is 4. The van der Waals surface area contributed by atoms with Crippen molar-refractivity contribution in [3.05, 3.63) is 46.6 Å². The van der Waals surface area contributed by atoms with Gasteiger partial charge in [-0.25, -0.2) is 4.98 Å².